The standard InChI is InChI=1S/C16H17ClN2O2/c1-10-7-13(18-21-10)9-19(2)16(20)15-8-14(15)11-3-5-12(17)6-4-11/h3-7,14-15H,8-9H2,1-2H3. The zero-order valence-electron chi connectivity index (χ0n) is 12.0. The van der Waals surface area contributed by atoms with Gasteiger partial charge in [0.1, 0.15) is 11.5 Å². The second-order valence-electron chi connectivity index (χ2n) is 5.62. The van der Waals surface area contributed by atoms with Gasteiger partial charge in [0.25, 0.3) is 0 Å². The number of benzene rings is 1. The van der Waals surface area contributed by atoms with Crippen molar-refractivity contribution in [3.8, 4) is 0 Å². The van der Waals surface area contributed by atoms with Gasteiger partial charge in [-0.2, -0.15) is 0 Å². The van der Waals surface area contributed by atoms with Crippen LogP contribution in [0.4, 0.5) is 0 Å². The third-order valence-corrected chi connectivity index (χ3v) is 4.11. The van der Waals surface area contributed by atoms with Crippen LogP contribution in [0.15, 0.2) is 34.9 Å². The van der Waals surface area contributed by atoms with Crippen molar-refractivity contribution in [1.82, 2.24) is 10.1 Å². The molecule has 5 heteroatoms. The minimum atomic E-state index is 0.0733. The number of carbonyl (C=O) groups excluding carboxylic acids is 1. The Morgan fingerprint density at radius 2 is 2.14 bits per heavy atom. The fourth-order valence-electron chi connectivity index (χ4n) is 2.64. The molecule has 2 aromatic rings. The van der Waals surface area contributed by atoms with Crippen molar-refractivity contribution < 1.29 is 9.32 Å². The number of aryl methyl sites for hydroxylation is 1. The largest absolute Gasteiger partial charge is 0.361 e. The van der Waals surface area contributed by atoms with E-state index in [1.54, 1.807) is 4.90 Å². The Morgan fingerprint density at radius 1 is 1.43 bits per heavy atom. The number of aromatic nitrogens is 1. The van der Waals surface area contributed by atoms with E-state index in [9.17, 15) is 4.79 Å². The Labute approximate surface area is 128 Å². The van der Waals surface area contributed by atoms with Gasteiger partial charge in [-0.1, -0.05) is 28.9 Å². The lowest BCUT2D eigenvalue weighted by Gasteiger charge is -2.15. The van der Waals surface area contributed by atoms with Crippen LogP contribution in [0.1, 0.15) is 29.4 Å². The first-order valence-corrected chi connectivity index (χ1v) is 7.35. The van der Waals surface area contributed by atoms with E-state index in [2.05, 4.69) is 5.16 Å². The van der Waals surface area contributed by atoms with Gasteiger partial charge in [0.15, 0.2) is 0 Å². The topological polar surface area (TPSA) is 46.3 Å². The Kier molecular flexibility index (Phi) is 3.72. The van der Waals surface area contributed by atoms with Crippen LogP contribution in [0.25, 0.3) is 0 Å². The van der Waals surface area contributed by atoms with Gasteiger partial charge in [-0.3, -0.25) is 4.79 Å². The Hall–Kier alpha value is -1.81. The first-order chi connectivity index (χ1) is 10.0. The average Bonchev–Trinajstić information content (AvgIpc) is 3.15. The van der Waals surface area contributed by atoms with E-state index in [1.807, 2.05) is 44.3 Å². The normalized spacial score (nSPS) is 20.3. The van der Waals surface area contributed by atoms with Crippen LogP contribution >= 0.6 is 11.6 Å². The highest BCUT2D eigenvalue weighted by atomic mass is 35.5. The van der Waals surface area contributed by atoms with E-state index in [4.69, 9.17) is 16.1 Å². The highest BCUT2D eigenvalue weighted by Crippen LogP contribution is 2.48. The second kappa shape index (κ2) is 5.53. The number of rotatable bonds is 4. The summed E-state index contributed by atoms with van der Waals surface area (Å²) in [5.74, 6) is 1.31. The molecular formula is C16H17ClN2O2. The molecule has 1 aliphatic rings. The molecule has 1 aromatic heterocycles. The van der Waals surface area contributed by atoms with Crippen molar-refractivity contribution in [2.45, 2.75) is 25.8 Å². The zero-order valence-corrected chi connectivity index (χ0v) is 12.8. The summed E-state index contributed by atoms with van der Waals surface area (Å²) < 4.78 is 5.02. The van der Waals surface area contributed by atoms with E-state index in [1.165, 1.54) is 5.56 Å². The predicted molar refractivity (Wildman–Crippen MR) is 80.0 cm³/mol. The molecule has 2 atom stereocenters. The SMILES string of the molecule is Cc1cc(CN(C)C(=O)C2CC2c2ccc(Cl)cc2)no1. The van der Waals surface area contributed by atoms with Crippen LogP contribution in [0.5, 0.6) is 0 Å². The van der Waals surface area contributed by atoms with Crippen molar-refractivity contribution in [3.63, 3.8) is 0 Å². The number of hydrogen-bond acceptors (Lipinski definition) is 3. The molecule has 21 heavy (non-hydrogen) atoms. The Bertz CT molecular complexity index is 651. The molecule has 0 bridgehead atoms. The highest BCUT2D eigenvalue weighted by molar-refractivity contribution is 6.30. The third kappa shape index (κ3) is 3.10. The van der Waals surface area contributed by atoms with E-state index in [0.29, 0.717) is 12.5 Å². The quantitative estimate of drug-likeness (QED) is 0.869. The van der Waals surface area contributed by atoms with Gasteiger partial charge in [0.2, 0.25) is 5.91 Å². The summed E-state index contributed by atoms with van der Waals surface area (Å²) in [6, 6.07) is 9.60. The molecule has 0 radical (unpaired) electrons. The van der Waals surface area contributed by atoms with E-state index < -0.39 is 0 Å². The molecule has 0 saturated heterocycles. The van der Waals surface area contributed by atoms with Gasteiger partial charge in [0, 0.05) is 24.1 Å². The lowest BCUT2D eigenvalue weighted by atomic mass is 10.1. The van der Waals surface area contributed by atoms with Crippen LogP contribution in [0.2, 0.25) is 5.02 Å². The van der Waals surface area contributed by atoms with Crippen molar-refractivity contribution in [2.75, 3.05) is 7.05 Å². The fourth-order valence-corrected chi connectivity index (χ4v) is 2.77. The maximum absolute atomic E-state index is 12.4. The maximum Gasteiger partial charge on any atom is 0.226 e. The molecule has 0 N–H and O–H groups in total. The van der Waals surface area contributed by atoms with Crippen LogP contribution in [-0.4, -0.2) is 23.0 Å². The molecule has 4 nitrogen and oxygen atoms in total. The number of amides is 1. The van der Waals surface area contributed by atoms with Gasteiger partial charge in [0.05, 0.1) is 6.54 Å². The number of nitrogens with zero attached hydrogens (tertiary/aromatic N) is 2. The number of halogens is 1. The highest BCUT2D eigenvalue weighted by Gasteiger charge is 2.45. The third-order valence-electron chi connectivity index (χ3n) is 3.86. The summed E-state index contributed by atoms with van der Waals surface area (Å²) in [5, 5.41) is 4.64. The van der Waals surface area contributed by atoms with E-state index in [0.717, 1.165) is 22.9 Å². The first kappa shape index (κ1) is 14.1. The number of carbonyl (C=O) groups is 1. The number of hydrogen-bond donors (Lipinski definition) is 0. The van der Waals surface area contributed by atoms with Crippen molar-refractivity contribution in [1.29, 1.82) is 0 Å². The molecule has 1 aromatic carbocycles. The molecule has 1 fully saturated rings. The molecule has 3 rings (SSSR count). The lowest BCUT2D eigenvalue weighted by Crippen LogP contribution is -2.28. The summed E-state index contributed by atoms with van der Waals surface area (Å²) >= 11 is 5.89. The van der Waals surface area contributed by atoms with Gasteiger partial charge >= 0.3 is 0 Å². The van der Waals surface area contributed by atoms with E-state index >= 15 is 0 Å². The van der Waals surface area contributed by atoms with Crippen molar-refractivity contribution in [2.24, 2.45) is 5.92 Å². The Balaban J connectivity index is 1.60. The fraction of sp³-hybridized carbons (Fsp3) is 0.375. The summed E-state index contributed by atoms with van der Waals surface area (Å²) in [7, 11) is 1.81. The molecule has 1 aliphatic carbocycles. The predicted octanol–water partition coefficient (Wildman–Crippen LogP) is 3.40. The minimum Gasteiger partial charge on any atom is -0.361 e. The van der Waals surface area contributed by atoms with Crippen LogP contribution < -0.4 is 0 Å². The van der Waals surface area contributed by atoms with Gasteiger partial charge in [-0.05, 0) is 37.0 Å². The van der Waals surface area contributed by atoms with Gasteiger partial charge in [-0.25, -0.2) is 0 Å². The van der Waals surface area contributed by atoms with Crippen LogP contribution in [-0.2, 0) is 11.3 Å². The summed E-state index contributed by atoms with van der Waals surface area (Å²) in [6.07, 6.45) is 0.905. The van der Waals surface area contributed by atoms with E-state index in [-0.39, 0.29) is 11.8 Å². The van der Waals surface area contributed by atoms with Crippen molar-refractivity contribution in [3.05, 3.63) is 52.4 Å². The van der Waals surface area contributed by atoms with Gasteiger partial charge < -0.3 is 9.42 Å². The average molecular weight is 305 g/mol. The molecule has 0 spiro atoms. The van der Waals surface area contributed by atoms with Crippen LogP contribution in [0.3, 0.4) is 0 Å². The smallest absolute Gasteiger partial charge is 0.226 e. The summed E-state index contributed by atoms with van der Waals surface area (Å²) in [4.78, 5) is 14.1. The maximum atomic E-state index is 12.4. The zero-order chi connectivity index (χ0) is 15.0. The molecule has 1 heterocycles. The molecular weight excluding hydrogens is 288 g/mol. The molecule has 0 aliphatic heterocycles. The monoisotopic (exact) mass is 304 g/mol. The molecule has 1 amide bonds. The van der Waals surface area contributed by atoms with Gasteiger partial charge in [-0.15, -0.1) is 0 Å². The minimum absolute atomic E-state index is 0.0733. The second-order valence-corrected chi connectivity index (χ2v) is 6.06. The van der Waals surface area contributed by atoms with Crippen LogP contribution in [0, 0.1) is 12.8 Å². The molecule has 110 valence electrons. The summed E-state index contributed by atoms with van der Waals surface area (Å²) in [5.41, 5.74) is 1.97. The Morgan fingerprint density at radius 3 is 2.76 bits per heavy atom. The molecule has 2 unspecified atom stereocenters. The first-order valence-electron chi connectivity index (χ1n) is 6.97. The van der Waals surface area contributed by atoms with Crippen molar-refractivity contribution >= 4 is 17.5 Å². The summed E-state index contributed by atoms with van der Waals surface area (Å²) in [6.45, 7) is 2.33. The molecule has 1 saturated carbocycles. The lowest BCUT2D eigenvalue weighted by molar-refractivity contribution is -0.131.